The van der Waals surface area contributed by atoms with E-state index in [4.69, 9.17) is 4.74 Å². The Balaban J connectivity index is 1.62. The number of fused-ring (bicyclic) bond motifs is 1. The van der Waals surface area contributed by atoms with E-state index in [0.29, 0.717) is 0 Å². The Bertz CT molecular complexity index is 726. The van der Waals surface area contributed by atoms with E-state index in [-0.39, 0.29) is 17.9 Å². The Labute approximate surface area is 142 Å². The average Bonchev–Trinajstić information content (AvgIpc) is 3.30. The van der Waals surface area contributed by atoms with Gasteiger partial charge >= 0.3 is 0 Å². The predicted molar refractivity (Wildman–Crippen MR) is 90.9 cm³/mol. The minimum atomic E-state index is -0.0503. The number of benzene rings is 1. The third-order valence-electron chi connectivity index (χ3n) is 5.35. The lowest BCUT2D eigenvalue weighted by Gasteiger charge is -2.36. The van der Waals surface area contributed by atoms with Gasteiger partial charge in [0.05, 0.1) is 19.1 Å². The molecule has 5 heteroatoms. The topological polar surface area (TPSA) is 58.2 Å². The van der Waals surface area contributed by atoms with E-state index >= 15 is 0 Å². The molecule has 0 bridgehead atoms. The Morgan fingerprint density at radius 2 is 2.25 bits per heavy atom. The normalized spacial score (nSPS) is 23.1. The first-order valence-electron chi connectivity index (χ1n) is 8.74. The van der Waals surface area contributed by atoms with Crippen molar-refractivity contribution in [2.75, 3.05) is 13.7 Å². The van der Waals surface area contributed by atoms with Crippen LogP contribution in [-0.4, -0.2) is 34.4 Å². The number of H-pyrrole nitrogens is 1. The van der Waals surface area contributed by atoms with Crippen molar-refractivity contribution in [2.45, 2.75) is 44.1 Å². The van der Waals surface area contributed by atoms with Gasteiger partial charge in [-0.05, 0) is 55.4 Å². The number of likely N-dealkylation sites (tertiary alicyclic amines) is 1. The molecular formula is C19H23N3O2. The van der Waals surface area contributed by atoms with Crippen LogP contribution in [0.3, 0.4) is 0 Å². The Morgan fingerprint density at radius 3 is 3.04 bits per heavy atom. The summed E-state index contributed by atoms with van der Waals surface area (Å²) in [4.78, 5) is 23.0. The number of piperidine rings is 1. The maximum Gasteiger partial charge on any atom is 0.230 e. The maximum atomic E-state index is 13.3. The van der Waals surface area contributed by atoms with E-state index in [1.807, 2.05) is 23.2 Å². The highest BCUT2D eigenvalue weighted by atomic mass is 16.5. The van der Waals surface area contributed by atoms with E-state index < -0.39 is 0 Å². The van der Waals surface area contributed by atoms with E-state index in [2.05, 4.69) is 16.0 Å². The number of nitrogens with one attached hydrogen (secondary N) is 1. The number of carbonyl (C=O) groups excluding carboxylic acids is 1. The zero-order chi connectivity index (χ0) is 16.5. The van der Waals surface area contributed by atoms with Crippen LogP contribution in [0.1, 0.15) is 54.6 Å². The zero-order valence-corrected chi connectivity index (χ0v) is 14.0. The minimum absolute atomic E-state index is 0.0503. The van der Waals surface area contributed by atoms with Crippen LogP contribution < -0.4 is 4.74 Å². The summed E-state index contributed by atoms with van der Waals surface area (Å²) < 4.78 is 5.35. The van der Waals surface area contributed by atoms with Crippen molar-refractivity contribution in [3.63, 3.8) is 0 Å². The molecule has 1 saturated heterocycles. The number of imidazole rings is 1. The molecule has 1 aromatic carbocycles. The van der Waals surface area contributed by atoms with Gasteiger partial charge in [-0.25, -0.2) is 4.98 Å². The maximum absolute atomic E-state index is 13.3. The van der Waals surface area contributed by atoms with Crippen LogP contribution in [0.15, 0.2) is 30.6 Å². The van der Waals surface area contributed by atoms with E-state index in [9.17, 15) is 4.79 Å². The summed E-state index contributed by atoms with van der Waals surface area (Å²) in [5, 5.41) is 0. The molecule has 2 atom stereocenters. The van der Waals surface area contributed by atoms with Crippen molar-refractivity contribution in [1.29, 1.82) is 0 Å². The quantitative estimate of drug-likeness (QED) is 0.943. The lowest BCUT2D eigenvalue weighted by atomic mass is 9.95. The van der Waals surface area contributed by atoms with Gasteiger partial charge in [0.2, 0.25) is 5.91 Å². The summed E-state index contributed by atoms with van der Waals surface area (Å²) >= 11 is 0. The second-order valence-corrected chi connectivity index (χ2v) is 6.67. The van der Waals surface area contributed by atoms with Crippen LogP contribution in [0, 0.1) is 0 Å². The molecule has 4 rings (SSSR count). The number of amides is 1. The minimum Gasteiger partial charge on any atom is -0.497 e. The first kappa shape index (κ1) is 15.2. The molecule has 24 heavy (non-hydrogen) atoms. The summed E-state index contributed by atoms with van der Waals surface area (Å²) in [7, 11) is 1.67. The molecule has 0 radical (unpaired) electrons. The first-order chi connectivity index (χ1) is 11.8. The molecular weight excluding hydrogens is 302 g/mol. The number of methoxy groups -OCH3 is 1. The van der Waals surface area contributed by atoms with Crippen LogP contribution in [0.4, 0.5) is 0 Å². The summed E-state index contributed by atoms with van der Waals surface area (Å²) in [5.74, 6) is 1.93. The lowest BCUT2D eigenvalue weighted by Crippen LogP contribution is -2.41. The lowest BCUT2D eigenvalue weighted by molar-refractivity contribution is -0.136. The Hall–Kier alpha value is -2.30. The highest BCUT2D eigenvalue weighted by Gasteiger charge is 2.37. The monoisotopic (exact) mass is 325 g/mol. The number of nitrogens with zero attached hydrogens (tertiary/aromatic N) is 2. The van der Waals surface area contributed by atoms with Crippen molar-refractivity contribution in [3.8, 4) is 5.75 Å². The van der Waals surface area contributed by atoms with Gasteiger partial charge in [-0.15, -0.1) is 0 Å². The van der Waals surface area contributed by atoms with Crippen LogP contribution >= 0.6 is 0 Å². The summed E-state index contributed by atoms with van der Waals surface area (Å²) in [5.41, 5.74) is 2.42. The first-order valence-corrected chi connectivity index (χ1v) is 8.74. The number of aromatic nitrogens is 2. The van der Waals surface area contributed by atoms with E-state index in [1.165, 1.54) is 5.56 Å². The van der Waals surface area contributed by atoms with Crippen LogP contribution in [-0.2, 0) is 11.2 Å². The Morgan fingerprint density at radius 1 is 1.33 bits per heavy atom. The van der Waals surface area contributed by atoms with Crippen LogP contribution in [0.5, 0.6) is 5.75 Å². The fraction of sp³-hybridized carbons (Fsp3) is 0.474. The second kappa shape index (κ2) is 6.30. The van der Waals surface area contributed by atoms with Crippen molar-refractivity contribution < 1.29 is 9.53 Å². The molecule has 0 saturated carbocycles. The molecule has 2 aromatic rings. The number of carbonyl (C=O) groups is 1. The molecule has 1 N–H and O–H groups in total. The van der Waals surface area contributed by atoms with Crippen molar-refractivity contribution in [3.05, 3.63) is 47.5 Å². The smallest absolute Gasteiger partial charge is 0.230 e. The molecule has 1 fully saturated rings. The molecule has 5 nitrogen and oxygen atoms in total. The summed E-state index contributed by atoms with van der Waals surface area (Å²) in [6.07, 6.45) is 8.66. The number of aromatic amines is 1. The number of hydrogen-bond donors (Lipinski definition) is 1. The number of hydrogen-bond acceptors (Lipinski definition) is 3. The molecule has 1 amide bonds. The molecule has 0 spiro atoms. The van der Waals surface area contributed by atoms with Crippen molar-refractivity contribution in [1.82, 2.24) is 14.9 Å². The molecule has 126 valence electrons. The fourth-order valence-corrected chi connectivity index (χ4v) is 4.10. The third-order valence-corrected chi connectivity index (χ3v) is 5.35. The molecule has 1 aliphatic carbocycles. The van der Waals surface area contributed by atoms with E-state index in [1.54, 1.807) is 13.3 Å². The molecule has 1 aliphatic heterocycles. The SMILES string of the molecule is COc1ccc2c(c1)C(C(=O)N1CCCCC1c1ncc[nH]1)CC2. The van der Waals surface area contributed by atoms with Gasteiger partial charge in [0.1, 0.15) is 11.6 Å². The van der Waals surface area contributed by atoms with E-state index in [0.717, 1.165) is 55.8 Å². The summed E-state index contributed by atoms with van der Waals surface area (Å²) in [6.45, 7) is 0.819. The second-order valence-electron chi connectivity index (χ2n) is 6.67. The molecule has 1 aromatic heterocycles. The standard InChI is InChI=1S/C19H23N3O2/c1-24-14-7-5-13-6-8-15(16(13)12-14)19(23)22-11-3-2-4-17(22)18-20-9-10-21-18/h5,7,9-10,12,15,17H,2-4,6,8,11H2,1H3,(H,20,21). The highest BCUT2D eigenvalue weighted by Crippen LogP contribution is 2.39. The third kappa shape index (κ3) is 2.58. The van der Waals surface area contributed by atoms with Gasteiger partial charge in [0, 0.05) is 18.9 Å². The number of aryl methyl sites for hydroxylation is 1. The van der Waals surface area contributed by atoms with Gasteiger partial charge in [0.25, 0.3) is 0 Å². The largest absolute Gasteiger partial charge is 0.497 e. The van der Waals surface area contributed by atoms with Gasteiger partial charge < -0.3 is 14.6 Å². The van der Waals surface area contributed by atoms with Gasteiger partial charge in [0.15, 0.2) is 0 Å². The Kier molecular flexibility index (Phi) is 4.00. The predicted octanol–water partition coefficient (Wildman–Crippen LogP) is 3.20. The highest BCUT2D eigenvalue weighted by molar-refractivity contribution is 5.85. The van der Waals surface area contributed by atoms with Gasteiger partial charge in [-0.3, -0.25) is 4.79 Å². The fourth-order valence-electron chi connectivity index (χ4n) is 4.10. The number of ether oxygens (including phenoxy) is 1. The zero-order valence-electron chi connectivity index (χ0n) is 14.0. The van der Waals surface area contributed by atoms with Crippen LogP contribution in [0.2, 0.25) is 0 Å². The van der Waals surface area contributed by atoms with Crippen LogP contribution in [0.25, 0.3) is 0 Å². The van der Waals surface area contributed by atoms with Crippen molar-refractivity contribution in [2.24, 2.45) is 0 Å². The summed E-state index contributed by atoms with van der Waals surface area (Å²) in [6, 6.07) is 6.20. The number of rotatable bonds is 3. The average molecular weight is 325 g/mol. The molecule has 2 heterocycles. The molecule has 2 unspecified atom stereocenters. The van der Waals surface area contributed by atoms with Gasteiger partial charge in [-0.1, -0.05) is 6.07 Å². The van der Waals surface area contributed by atoms with Crippen molar-refractivity contribution >= 4 is 5.91 Å². The van der Waals surface area contributed by atoms with Gasteiger partial charge in [-0.2, -0.15) is 0 Å². The molecule has 2 aliphatic rings.